The van der Waals surface area contributed by atoms with Gasteiger partial charge in [-0.1, -0.05) is 0 Å². The second-order valence-electron chi connectivity index (χ2n) is 2.61. The molecular weight excluding hydrogens is 205 g/mol. The number of halogens is 1. The molecule has 0 heterocycles. The Labute approximate surface area is 85.5 Å². The van der Waals surface area contributed by atoms with Gasteiger partial charge in [0.25, 0.3) is 0 Å². The third kappa shape index (κ3) is 2.35. The van der Waals surface area contributed by atoms with E-state index in [9.17, 15) is 9.18 Å². The van der Waals surface area contributed by atoms with Crippen LogP contribution in [0.4, 0.5) is 10.1 Å². The van der Waals surface area contributed by atoms with Crippen molar-refractivity contribution in [3.8, 4) is 5.75 Å². The molecule has 1 aromatic rings. The molecule has 2 N–H and O–H groups in total. The van der Waals surface area contributed by atoms with Gasteiger partial charge < -0.3 is 15.4 Å². The van der Waals surface area contributed by atoms with E-state index in [0.717, 1.165) is 12.1 Å². The molecule has 0 aromatic heterocycles. The Hall–Kier alpha value is -1.82. The summed E-state index contributed by atoms with van der Waals surface area (Å²) in [5.41, 5.74) is 5.49. The maximum absolute atomic E-state index is 13.2. The minimum Gasteiger partial charge on any atom is -0.465 e. The molecule has 0 amide bonds. The lowest BCUT2D eigenvalue weighted by Gasteiger charge is -2.07. The van der Waals surface area contributed by atoms with Crippen molar-refractivity contribution in [2.45, 2.75) is 0 Å². The number of nitrogen functional groups attached to an aromatic ring is 1. The van der Waals surface area contributed by atoms with Crippen LogP contribution in [0.15, 0.2) is 12.1 Å². The first kappa shape index (κ1) is 11.3. The summed E-state index contributed by atoms with van der Waals surface area (Å²) >= 11 is 0. The molecule has 5 nitrogen and oxygen atoms in total. The smallest absolute Gasteiger partial charge is 0.340 e. The topological polar surface area (TPSA) is 70.8 Å². The Morgan fingerprint density at radius 1 is 1.40 bits per heavy atom. The monoisotopic (exact) mass is 215 g/mol. The molecule has 0 saturated heterocycles. The van der Waals surface area contributed by atoms with Gasteiger partial charge in [0.15, 0.2) is 5.82 Å². The molecular formula is C9H10FNO4. The minimum absolute atomic E-state index is 0.0512. The molecule has 0 saturated carbocycles. The van der Waals surface area contributed by atoms with Gasteiger partial charge in [0.1, 0.15) is 0 Å². The Kier molecular flexibility index (Phi) is 3.46. The van der Waals surface area contributed by atoms with Gasteiger partial charge in [0, 0.05) is 6.07 Å². The van der Waals surface area contributed by atoms with Crippen LogP contribution in [-0.2, 0) is 9.62 Å². The number of carbonyl (C=O) groups excluding carboxylic acids is 1. The Balaban J connectivity index is 3.13. The van der Waals surface area contributed by atoms with Gasteiger partial charge in [-0.15, -0.1) is 0 Å². The molecule has 1 aromatic carbocycles. The van der Waals surface area contributed by atoms with Crippen molar-refractivity contribution >= 4 is 11.7 Å². The molecule has 0 aliphatic heterocycles. The number of carbonyl (C=O) groups is 1. The van der Waals surface area contributed by atoms with Gasteiger partial charge >= 0.3 is 5.97 Å². The second-order valence-corrected chi connectivity index (χ2v) is 2.61. The molecule has 0 atom stereocenters. The molecule has 1 rings (SSSR count). The van der Waals surface area contributed by atoms with Crippen LogP contribution in [0.5, 0.6) is 5.75 Å². The van der Waals surface area contributed by atoms with Gasteiger partial charge in [-0.25, -0.2) is 9.18 Å². The van der Waals surface area contributed by atoms with E-state index in [1.54, 1.807) is 0 Å². The lowest BCUT2D eigenvalue weighted by atomic mass is 10.1. The second kappa shape index (κ2) is 4.61. The van der Waals surface area contributed by atoms with Gasteiger partial charge in [-0.2, -0.15) is 4.89 Å². The SMILES string of the molecule is COOc1cc(N)c(C(=O)OC)cc1F. The van der Waals surface area contributed by atoms with E-state index in [2.05, 4.69) is 14.5 Å². The molecule has 15 heavy (non-hydrogen) atoms. The summed E-state index contributed by atoms with van der Waals surface area (Å²) in [6, 6.07) is 2.07. The summed E-state index contributed by atoms with van der Waals surface area (Å²) in [5.74, 6) is -1.66. The van der Waals surface area contributed by atoms with Crippen molar-refractivity contribution in [1.82, 2.24) is 0 Å². The van der Waals surface area contributed by atoms with Crippen molar-refractivity contribution in [2.75, 3.05) is 20.0 Å². The number of nitrogens with two attached hydrogens (primary N) is 1. The lowest BCUT2D eigenvalue weighted by Crippen LogP contribution is -2.07. The first-order valence-corrected chi connectivity index (χ1v) is 3.98. The van der Waals surface area contributed by atoms with Gasteiger partial charge in [0.2, 0.25) is 5.75 Å². The zero-order chi connectivity index (χ0) is 11.4. The van der Waals surface area contributed by atoms with E-state index in [0.29, 0.717) is 0 Å². The van der Waals surface area contributed by atoms with Crippen LogP contribution in [0.1, 0.15) is 10.4 Å². The van der Waals surface area contributed by atoms with Crippen molar-refractivity contribution < 1.29 is 23.7 Å². The van der Waals surface area contributed by atoms with Gasteiger partial charge in [-0.05, 0) is 6.07 Å². The number of esters is 1. The van der Waals surface area contributed by atoms with Crippen LogP contribution in [0.25, 0.3) is 0 Å². The molecule has 0 aliphatic carbocycles. The summed E-state index contributed by atoms with van der Waals surface area (Å²) in [6.07, 6.45) is 0. The first-order valence-electron chi connectivity index (χ1n) is 3.98. The number of ether oxygens (including phenoxy) is 1. The van der Waals surface area contributed by atoms with Crippen molar-refractivity contribution in [3.63, 3.8) is 0 Å². The zero-order valence-corrected chi connectivity index (χ0v) is 8.24. The standard InChI is InChI=1S/C9H10FNO4/c1-13-9(12)5-3-6(10)8(15-14-2)4-7(5)11/h3-4H,11H2,1-2H3. The van der Waals surface area contributed by atoms with Crippen LogP contribution >= 0.6 is 0 Å². The minimum atomic E-state index is -0.758. The first-order chi connectivity index (χ1) is 7.10. The quantitative estimate of drug-likeness (QED) is 0.354. The fourth-order valence-corrected chi connectivity index (χ4v) is 1.01. The predicted molar refractivity (Wildman–Crippen MR) is 49.8 cm³/mol. The number of methoxy groups -OCH3 is 1. The van der Waals surface area contributed by atoms with Crippen LogP contribution in [-0.4, -0.2) is 20.2 Å². The summed E-state index contributed by atoms with van der Waals surface area (Å²) in [7, 11) is 2.41. The van der Waals surface area contributed by atoms with E-state index >= 15 is 0 Å². The summed E-state index contributed by atoms with van der Waals surface area (Å²) in [5, 5.41) is 0. The number of anilines is 1. The Morgan fingerprint density at radius 2 is 2.07 bits per heavy atom. The molecule has 82 valence electrons. The number of benzene rings is 1. The number of rotatable bonds is 3. The highest BCUT2D eigenvalue weighted by Gasteiger charge is 2.15. The van der Waals surface area contributed by atoms with Crippen LogP contribution in [0.2, 0.25) is 0 Å². The molecule has 0 spiro atoms. The highest BCUT2D eigenvalue weighted by atomic mass is 19.1. The average Bonchev–Trinajstić information content (AvgIpc) is 2.22. The summed E-state index contributed by atoms with van der Waals surface area (Å²) < 4.78 is 17.7. The third-order valence-electron chi connectivity index (χ3n) is 1.68. The van der Waals surface area contributed by atoms with Crippen LogP contribution in [0.3, 0.4) is 0 Å². The normalized spacial score (nSPS) is 9.80. The fourth-order valence-electron chi connectivity index (χ4n) is 1.01. The number of hydrogen-bond donors (Lipinski definition) is 1. The predicted octanol–water partition coefficient (Wildman–Crippen LogP) is 1.13. The van der Waals surface area contributed by atoms with E-state index in [4.69, 9.17) is 5.73 Å². The van der Waals surface area contributed by atoms with Gasteiger partial charge in [0.05, 0.1) is 25.5 Å². The largest absolute Gasteiger partial charge is 0.465 e. The van der Waals surface area contributed by atoms with Crippen molar-refractivity contribution in [2.24, 2.45) is 0 Å². The van der Waals surface area contributed by atoms with E-state index in [-0.39, 0.29) is 17.0 Å². The molecule has 0 unspecified atom stereocenters. The fraction of sp³-hybridized carbons (Fsp3) is 0.222. The van der Waals surface area contributed by atoms with Crippen molar-refractivity contribution in [3.05, 3.63) is 23.5 Å². The van der Waals surface area contributed by atoms with Crippen molar-refractivity contribution in [1.29, 1.82) is 0 Å². The van der Waals surface area contributed by atoms with E-state index in [1.165, 1.54) is 14.2 Å². The molecule has 0 fully saturated rings. The maximum atomic E-state index is 13.2. The summed E-state index contributed by atoms with van der Waals surface area (Å²) in [4.78, 5) is 19.9. The lowest BCUT2D eigenvalue weighted by molar-refractivity contribution is -0.180. The number of hydrogen-bond acceptors (Lipinski definition) is 5. The molecule has 0 aliphatic rings. The van der Waals surface area contributed by atoms with Gasteiger partial charge in [-0.3, -0.25) is 0 Å². The van der Waals surface area contributed by atoms with Crippen LogP contribution in [0, 0.1) is 5.82 Å². The van der Waals surface area contributed by atoms with Crippen LogP contribution < -0.4 is 10.6 Å². The van der Waals surface area contributed by atoms with E-state index < -0.39 is 11.8 Å². The average molecular weight is 215 g/mol. The molecule has 0 radical (unpaired) electrons. The molecule has 0 bridgehead atoms. The third-order valence-corrected chi connectivity index (χ3v) is 1.68. The molecule has 6 heteroatoms. The van der Waals surface area contributed by atoms with E-state index in [1.807, 2.05) is 0 Å². The maximum Gasteiger partial charge on any atom is 0.340 e. The Bertz CT molecular complexity index is 381. The zero-order valence-electron chi connectivity index (χ0n) is 8.24. The highest BCUT2D eigenvalue weighted by Crippen LogP contribution is 2.24. The highest BCUT2D eigenvalue weighted by molar-refractivity contribution is 5.95. The summed E-state index contributed by atoms with van der Waals surface area (Å²) in [6.45, 7) is 0. The Morgan fingerprint density at radius 3 is 2.60 bits per heavy atom.